The molecule has 4 rings (SSSR count). The number of carbonyl (C=O) groups excluding carboxylic acids is 2. The second kappa shape index (κ2) is 7.83. The molecule has 0 aliphatic carbocycles. The van der Waals surface area contributed by atoms with Crippen molar-refractivity contribution in [3.05, 3.63) is 54.6 Å². The zero-order chi connectivity index (χ0) is 20.4. The highest BCUT2D eigenvalue weighted by molar-refractivity contribution is 6.40. The molecule has 2 aromatic carbocycles. The Morgan fingerprint density at radius 1 is 1.14 bits per heavy atom. The van der Waals surface area contributed by atoms with Crippen molar-refractivity contribution in [1.29, 1.82) is 0 Å². The van der Waals surface area contributed by atoms with Crippen molar-refractivity contribution in [3.63, 3.8) is 0 Å². The van der Waals surface area contributed by atoms with Crippen LogP contribution in [0.25, 0.3) is 0 Å². The fraction of sp³-hybridized carbons (Fsp3) is 0.286. The van der Waals surface area contributed by atoms with E-state index in [-0.39, 0.29) is 24.1 Å². The van der Waals surface area contributed by atoms with Crippen molar-refractivity contribution in [2.75, 3.05) is 25.2 Å². The maximum atomic E-state index is 12.9. The number of primary amides is 1. The van der Waals surface area contributed by atoms with E-state index in [2.05, 4.69) is 5.10 Å². The van der Waals surface area contributed by atoms with Crippen LogP contribution < -0.4 is 20.2 Å². The summed E-state index contributed by atoms with van der Waals surface area (Å²) in [5.74, 6) is 0.563. The highest BCUT2D eigenvalue weighted by Crippen LogP contribution is 2.31. The average Bonchev–Trinajstić information content (AvgIpc) is 3.19. The van der Waals surface area contributed by atoms with Crippen molar-refractivity contribution in [3.8, 4) is 11.5 Å². The van der Waals surface area contributed by atoms with Gasteiger partial charge >= 0.3 is 0 Å². The van der Waals surface area contributed by atoms with Crippen LogP contribution in [0.3, 0.4) is 0 Å². The molecule has 0 unspecified atom stereocenters. The highest BCUT2D eigenvalue weighted by Gasteiger charge is 2.36. The number of likely N-dealkylation sites (N-methyl/N-ethyl adjacent to an activating group) is 1. The van der Waals surface area contributed by atoms with E-state index in [0.29, 0.717) is 30.3 Å². The minimum absolute atomic E-state index is 0.165. The van der Waals surface area contributed by atoms with Gasteiger partial charge < -0.3 is 20.1 Å². The highest BCUT2D eigenvalue weighted by atomic mass is 16.6. The van der Waals surface area contributed by atoms with Gasteiger partial charge in [-0.25, -0.2) is 0 Å². The Balaban J connectivity index is 1.45. The van der Waals surface area contributed by atoms with Gasteiger partial charge in [-0.3, -0.25) is 14.6 Å². The summed E-state index contributed by atoms with van der Waals surface area (Å²) < 4.78 is 11.6. The molecule has 8 heteroatoms. The Morgan fingerprint density at radius 2 is 1.83 bits per heavy atom. The van der Waals surface area contributed by atoms with Crippen LogP contribution in [0.5, 0.6) is 11.5 Å². The molecule has 0 bridgehead atoms. The fourth-order valence-corrected chi connectivity index (χ4v) is 3.44. The van der Waals surface area contributed by atoms with Crippen molar-refractivity contribution in [1.82, 2.24) is 4.90 Å². The topological polar surface area (TPSA) is 97.5 Å². The molecule has 2 amide bonds. The summed E-state index contributed by atoms with van der Waals surface area (Å²) in [6.45, 7) is 0.680. The first-order valence-corrected chi connectivity index (χ1v) is 9.38. The number of hydrogen-bond donors (Lipinski definition) is 1. The number of ether oxygens (including phenoxy) is 2. The van der Waals surface area contributed by atoms with Crippen LogP contribution >= 0.6 is 0 Å². The molecular formula is C21H22N4O4. The Bertz CT molecular complexity index is 947. The molecule has 0 saturated heterocycles. The van der Waals surface area contributed by atoms with Gasteiger partial charge in [0.2, 0.25) is 5.91 Å². The largest absolute Gasteiger partial charge is 0.486 e. The standard InChI is InChI=1S/C21H22N4O4/c1-24(12-15-13-28-18-9-5-6-10-19(18)29-15)21(27)16-11-17(20(22)26)25(23-16)14-7-3-2-4-8-14/h2-10,15,17H,11-13H2,1H3,(H2,22,26)/t15-,17-/m1/s1. The predicted octanol–water partition coefficient (Wildman–Crippen LogP) is 1.40. The summed E-state index contributed by atoms with van der Waals surface area (Å²) >= 11 is 0. The lowest BCUT2D eigenvalue weighted by molar-refractivity contribution is -0.124. The van der Waals surface area contributed by atoms with E-state index in [9.17, 15) is 9.59 Å². The molecule has 0 fully saturated rings. The third-order valence-corrected chi connectivity index (χ3v) is 4.90. The first-order chi connectivity index (χ1) is 14.0. The van der Waals surface area contributed by atoms with E-state index in [0.717, 1.165) is 0 Å². The van der Waals surface area contributed by atoms with Gasteiger partial charge in [0.15, 0.2) is 17.6 Å². The number of hydrazone groups is 1. The van der Waals surface area contributed by atoms with Gasteiger partial charge in [0.05, 0.1) is 12.2 Å². The summed E-state index contributed by atoms with van der Waals surface area (Å²) in [6.07, 6.45) is -0.129. The average molecular weight is 394 g/mol. The van der Waals surface area contributed by atoms with Crippen LogP contribution in [-0.2, 0) is 9.59 Å². The summed E-state index contributed by atoms with van der Waals surface area (Å²) in [4.78, 5) is 26.4. The van der Waals surface area contributed by atoms with E-state index < -0.39 is 11.9 Å². The molecule has 0 aromatic heterocycles. The van der Waals surface area contributed by atoms with Crippen LogP contribution in [0.1, 0.15) is 6.42 Å². The second-order valence-corrected chi connectivity index (χ2v) is 7.03. The van der Waals surface area contributed by atoms with Crippen LogP contribution in [-0.4, -0.2) is 54.8 Å². The molecule has 29 heavy (non-hydrogen) atoms. The number of carbonyl (C=O) groups is 2. The summed E-state index contributed by atoms with van der Waals surface area (Å²) in [7, 11) is 1.68. The maximum absolute atomic E-state index is 12.9. The normalized spacial score (nSPS) is 20.2. The minimum Gasteiger partial charge on any atom is -0.486 e. The van der Waals surface area contributed by atoms with Crippen molar-refractivity contribution >= 4 is 23.2 Å². The van der Waals surface area contributed by atoms with E-state index in [1.54, 1.807) is 7.05 Å². The fourth-order valence-electron chi connectivity index (χ4n) is 3.44. The van der Waals surface area contributed by atoms with Gasteiger partial charge in [0.1, 0.15) is 18.4 Å². The van der Waals surface area contributed by atoms with Crippen LogP contribution in [0.4, 0.5) is 5.69 Å². The van der Waals surface area contributed by atoms with Gasteiger partial charge in [-0.1, -0.05) is 30.3 Å². The van der Waals surface area contributed by atoms with E-state index in [4.69, 9.17) is 15.2 Å². The van der Waals surface area contributed by atoms with Crippen LogP contribution in [0.2, 0.25) is 0 Å². The summed E-state index contributed by atoms with van der Waals surface area (Å²) in [5.41, 5.74) is 6.54. The van der Waals surface area contributed by atoms with Crippen molar-refractivity contribution in [2.45, 2.75) is 18.6 Å². The number of fused-ring (bicyclic) bond motifs is 1. The number of nitrogens with zero attached hydrogens (tertiary/aromatic N) is 3. The molecule has 8 nitrogen and oxygen atoms in total. The van der Waals surface area contributed by atoms with E-state index >= 15 is 0 Å². The zero-order valence-corrected chi connectivity index (χ0v) is 16.0. The molecule has 0 spiro atoms. The number of benzene rings is 2. The minimum atomic E-state index is -0.689. The molecular weight excluding hydrogens is 372 g/mol. The van der Waals surface area contributed by atoms with Gasteiger partial charge in [-0.2, -0.15) is 5.10 Å². The maximum Gasteiger partial charge on any atom is 0.270 e. The molecule has 0 saturated carbocycles. The molecule has 2 aromatic rings. The van der Waals surface area contributed by atoms with E-state index in [1.807, 2.05) is 54.6 Å². The lowest BCUT2D eigenvalue weighted by Crippen LogP contribution is -2.44. The number of amides is 2. The molecule has 2 atom stereocenters. The Hall–Kier alpha value is -3.55. The first kappa shape index (κ1) is 18.8. The third kappa shape index (κ3) is 3.87. The van der Waals surface area contributed by atoms with Gasteiger partial charge in [0.25, 0.3) is 5.91 Å². The number of hydrogen-bond acceptors (Lipinski definition) is 6. The molecule has 0 radical (unpaired) electrons. The van der Waals surface area contributed by atoms with Crippen LogP contribution in [0.15, 0.2) is 59.7 Å². The predicted molar refractivity (Wildman–Crippen MR) is 108 cm³/mol. The van der Waals surface area contributed by atoms with Crippen LogP contribution in [0, 0.1) is 0 Å². The van der Waals surface area contributed by atoms with Crippen molar-refractivity contribution in [2.24, 2.45) is 10.8 Å². The lowest BCUT2D eigenvalue weighted by Gasteiger charge is -2.29. The SMILES string of the molecule is CN(C[C@@H]1COc2ccccc2O1)C(=O)C1=NN(c2ccccc2)[C@@H](C(N)=O)C1. The summed E-state index contributed by atoms with van der Waals surface area (Å²) in [5, 5.41) is 5.91. The molecule has 2 aliphatic rings. The number of anilines is 1. The zero-order valence-electron chi connectivity index (χ0n) is 16.0. The molecule has 2 heterocycles. The molecule has 2 N–H and O–H groups in total. The lowest BCUT2D eigenvalue weighted by atomic mass is 10.1. The van der Waals surface area contributed by atoms with Gasteiger partial charge in [0, 0.05) is 13.5 Å². The summed E-state index contributed by atoms with van der Waals surface area (Å²) in [6, 6.07) is 15.9. The number of nitrogens with two attached hydrogens (primary N) is 1. The smallest absolute Gasteiger partial charge is 0.270 e. The third-order valence-electron chi connectivity index (χ3n) is 4.90. The molecule has 150 valence electrons. The number of para-hydroxylation sites is 3. The van der Waals surface area contributed by atoms with Gasteiger partial charge in [-0.15, -0.1) is 0 Å². The quantitative estimate of drug-likeness (QED) is 0.827. The Morgan fingerprint density at radius 3 is 2.55 bits per heavy atom. The Kier molecular flexibility index (Phi) is 5.07. The number of rotatable bonds is 5. The van der Waals surface area contributed by atoms with E-state index in [1.165, 1.54) is 9.91 Å². The monoisotopic (exact) mass is 394 g/mol. The van der Waals surface area contributed by atoms with Gasteiger partial charge in [-0.05, 0) is 24.3 Å². The second-order valence-electron chi connectivity index (χ2n) is 7.03. The van der Waals surface area contributed by atoms with Crippen molar-refractivity contribution < 1.29 is 19.1 Å². The Labute approximate surface area is 168 Å². The first-order valence-electron chi connectivity index (χ1n) is 9.38. The molecule has 2 aliphatic heterocycles.